The van der Waals surface area contributed by atoms with Crippen molar-refractivity contribution in [1.29, 1.82) is 0 Å². The summed E-state index contributed by atoms with van der Waals surface area (Å²) in [7, 11) is 1.11. The van der Waals surface area contributed by atoms with Crippen molar-refractivity contribution in [3.8, 4) is 0 Å². The van der Waals surface area contributed by atoms with Crippen LogP contribution >= 0.6 is 0 Å². The van der Waals surface area contributed by atoms with E-state index >= 15 is 0 Å². The van der Waals surface area contributed by atoms with Gasteiger partial charge in [0.25, 0.3) is 0 Å². The van der Waals surface area contributed by atoms with Crippen LogP contribution in [0.5, 0.6) is 0 Å². The second kappa shape index (κ2) is 3.97. The lowest BCUT2D eigenvalue weighted by Crippen LogP contribution is -2.55. The molecule has 0 saturated heterocycles. The van der Waals surface area contributed by atoms with E-state index in [2.05, 4.69) is 4.74 Å². The van der Waals surface area contributed by atoms with Crippen LogP contribution in [0, 0.1) is 0 Å². The molecule has 0 radical (unpaired) electrons. The van der Waals surface area contributed by atoms with Crippen molar-refractivity contribution in [1.82, 2.24) is 0 Å². The molecule has 0 amide bonds. The number of methoxy groups -OCH3 is 1. The van der Waals surface area contributed by atoms with Gasteiger partial charge < -0.3 is 14.9 Å². The van der Waals surface area contributed by atoms with E-state index in [1.54, 1.807) is 0 Å². The summed E-state index contributed by atoms with van der Waals surface area (Å²) in [6.07, 6.45) is -0.403. The molecule has 0 aromatic rings. The van der Waals surface area contributed by atoms with Gasteiger partial charge in [0.15, 0.2) is 5.60 Å². The first-order valence-electron chi connectivity index (χ1n) is 3.64. The van der Waals surface area contributed by atoms with E-state index in [9.17, 15) is 18.7 Å². The Hall–Kier alpha value is -0.750. The van der Waals surface area contributed by atoms with E-state index in [1.165, 1.54) is 6.92 Å². The third-order valence-electron chi connectivity index (χ3n) is 1.82. The van der Waals surface area contributed by atoms with Crippen molar-refractivity contribution in [2.75, 3.05) is 13.7 Å². The summed E-state index contributed by atoms with van der Waals surface area (Å²) in [4.78, 5) is 10.1. The molecule has 4 nitrogen and oxygen atoms in total. The molecule has 0 aliphatic rings. The van der Waals surface area contributed by atoms with Crippen LogP contribution in [0.4, 0.5) is 8.78 Å². The Morgan fingerprint density at radius 1 is 1.54 bits per heavy atom. The maximum Gasteiger partial charge on any atom is 0.377 e. The normalized spacial score (nSPS) is 16.7. The summed E-state index contributed by atoms with van der Waals surface area (Å²) in [5.41, 5.74) is -2.65. The first-order chi connectivity index (χ1) is 5.81. The zero-order valence-corrected chi connectivity index (χ0v) is 7.38. The fraction of sp³-hybridized carbons (Fsp3) is 0.857. The van der Waals surface area contributed by atoms with Gasteiger partial charge in [0, 0.05) is 7.11 Å². The molecule has 78 valence electrons. The Morgan fingerprint density at radius 3 is 2.23 bits per heavy atom. The van der Waals surface area contributed by atoms with Gasteiger partial charge in [-0.2, -0.15) is 8.78 Å². The minimum atomic E-state index is -4.20. The average Bonchev–Trinajstić information content (AvgIpc) is 2.04. The van der Waals surface area contributed by atoms with Gasteiger partial charge in [-0.3, -0.25) is 0 Å². The highest BCUT2D eigenvalue weighted by Crippen LogP contribution is 2.32. The van der Waals surface area contributed by atoms with Crippen molar-refractivity contribution >= 4 is 5.97 Å². The molecule has 0 fully saturated rings. The van der Waals surface area contributed by atoms with E-state index < -0.39 is 30.5 Å². The summed E-state index contributed by atoms with van der Waals surface area (Å²) < 4.78 is 30.0. The first-order valence-corrected chi connectivity index (χ1v) is 3.64. The van der Waals surface area contributed by atoms with Gasteiger partial charge in [0.2, 0.25) is 0 Å². The van der Waals surface area contributed by atoms with E-state index in [0.717, 1.165) is 7.11 Å². The Labute approximate surface area is 74.1 Å². The fourth-order valence-electron chi connectivity index (χ4n) is 0.853. The van der Waals surface area contributed by atoms with Gasteiger partial charge in [-0.1, -0.05) is 6.92 Å². The third kappa shape index (κ3) is 2.13. The standard InChI is InChI=1S/C7H12F2O4/c1-3-6(12,4-13-2)7(8,9)5(10)11/h12H,3-4H2,1-2H3,(H,10,11). The number of carboxylic acid groups (broad SMARTS) is 1. The van der Waals surface area contributed by atoms with Crippen molar-refractivity contribution < 1.29 is 28.5 Å². The number of alkyl halides is 2. The van der Waals surface area contributed by atoms with E-state index in [0.29, 0.717) is 0 Å². The zero-order valence-electron chi connectivity index (χ0n) is 7.38. The van der Waals surface area contributed by atoms with Crippen LogP contribution in [0.3, 0.4) is 0 Å². The molecule has 0 heterocycles. The number of ether oxygens (including phenoxy) is 1. The molecule has 13 heavy (non-hydrogen) atoms. The fourth-order valence-corrected chi connectivity index (χ4v) is 0.853. The average molecular weight is 198 g/mol. The minimum Gasteiger partial charge on any atom is -0.477 e. The van der Waals surface area contributed by atoms with Crippen LogP contribution in [0.25, 0.3) is 0 Å². The molecule has 0 aliphatic carbocycles. The van der Waals surface area contributed by atoms with E-state index in [1.807, 2.05) is 0 Å². The maximum absolute atomic E-state index is 12.9. The Morgan fingerprint density at radius 2 is 2.00 bits per heavy atom. The van der Waals surface area contributed by atoms with Gasteiger partial charge in [-0.25, -0.2) is 4.79 Å². The van der Waals surface area contributed by atoms with Gasteiger partial charge in [-0.15, -0.1) is 0 Å². The monoisotopic (exact) mass is 198 g/mol. The largest absolute Gasteiger partial charge is 0.477 e. The summed E-state index contributed by atoms with van der Waals surface area (Å²) in [5.74, 6) is -6.55. The quantitative estimate of drug-likeness (QED) is 0.674. The van der Waals surface area contributed by atoms with Crippen molar-refractivity contribution in [2.24, 2.45) is 0 Å². The second-order valence-electron chi connectivity index (χ2n) is 2.70. The lowest BCUT2D eigenvalue weighted by molar-refractivity contribution is -0.220. The number of hydrogen-bond donors (Lipinski definition) is 2. The van der Waals surface area contributed by atoms with Crippen molar-refractivity contribution in [3.05, 3.63) is 0 Å². The van der Waals surface area contributed by atoms with Gasteiger partial charge in [-0.05, 0) is 6.42 Å². The predicted octanol–water partition coefficient (Wildman–Crippen LogP) is 0.494. The summed E-state index contributed by atoms with van der Waals surface area (Å²) in [6, 6.07) is 0. The highest BCUT2D eigenvalue weighted by molar-refractivity contribution is 5.77. The van der Waals surface area contributed by atoms with Gasteiger partial charge in [0.05, 0.1) is 6.61 Å². The minimum absolute atomic E-state index is 0.403. The van der Waals surface area contributed by atoms with Crippen molar-refractivity contribution in [3.63, 3.8) is 0 Å². The molecule has 0 saturated carbocycles. The Balaban J connectivity index is 4.82. The number of carbonyl (C=O) groups is 1. The topological polar surface area (TPSA) is 66.8 Å². The maximum atomic E-state index is 12.9. The molecule has 1 atom stereocenters. The summed E-state index contributed by atoms with van der Waals surface area (Å²) in [5, 5.41) is 17.4. The molecule has 6 heteroatoms. The second-order valence-corrected chi connectivity index (χ2v) is 2.70. The first kappa shape index (κ1) is 12.2. The SMILES string of the molecule is CCC(O)(COC)C(F)(F)C(=O)O. The number of rotatable bonds is 5. The molecule has 0 aromatic carbocycles. The van der Waals surface area contributed by atoms with Crippen LogP contribution in [0.15, 0.2) is 0 Å². The molecule has 0 spiro atoms. The smallest absolute Gasteiger partial charge is 0.377 e. The number of aliphatic hydroxyl groups is 1. The molecular weight excluding hydrogens is 186 g/mol. The highest BCUT2D eigenvalue weighted by atomic mass is 19.3. The lowest BCUT2D eigenvalue weighted by atomic mass is 9.93. The van der Waals surface area contributed by atoms with Gasteiger partial charge >= 0.3 is 11.9 Å². The number of hydrogen-bond acceptors (Lipinski definition) is 3. The Kier molecular flexibility index (Phi) is 3.74. The van der Waals surface area contributed by atoms with Crippen LogP contribution in [-0.2, 0) is 9.53 Å². The number of aliphatic carboxylic acids is 1. The lowest BCUT2D eigenvalue weighted by Gasteiger charge is -2.31. The summed E-state index contributed by atoms with van der Waals surface area (Å²) in [6.45, 7) is 0.540. The molecule has 2 N–H and O–H groups in total. The Bertz CT molecular complexity index is 195. The van der Waals surface area contributed by atoms with Crippen LogP contribution in [-0.4, -0.2) is 41.4 Å². The van der Waals surface area contributed by atoms with Gasteiger partial charge in [0.1, 0.15) is 0 Å². The molecular formula is C7H12F2O4. The van der Waals surface area contributed by atoms with E-state index in [4.69, 9.17) is 5.11 Å². The molecule has 0 aromatic heterocycles. The van der Waals surface area contributed by atoms with Crippen LogP contribution < -0.4 is 0 Å². The number of carboxylic acids is 1. The third-order valence-corrected chi connectivity index (χ3v) is 1.82. The molecule has 1 unspecified atom stereocenters. The van der Waals surface area contributed by atoms with Crippen LogP contribution in [0.1, 0.15) is 13.3 Å². The number of halogens is 2. The highest BCUT2D eigenvalue weighted by Gasteiger charge is 2.57. The summed E-state index contributed by atoms with van der Waals surface area (Å²) >= 11 is 0. The van der Waals surface area contributed by atoms with Crippen LogP contribution in [0.2, 0.25) is 0 Å². The van der Waals surface area contributed by atoms with E-state index in [-0.39, 0.29) is 0 Å². The van der Waals surface area contributed by atoms with Crippen molar-refractivity contribution in [2.45, 2.75) is 24.9 Å². The molecule has 0 aliphatic heterocycles. The zero-order chi connectivity index (χ0) is 10.7. The predicted molar refractivity (Wildman–Crippen MR) is 39.7 cm³/mol. The molecule has 0 bridgehead atoms. The molecule has 0 rings (SSSR count).